The van der Waals surface area contributed by atoms with Crippen molar-refractivity contribution in [1.82, 2.24) is 10.2 Å². The van der Waals surface area contributed by atoms with Crippen LogP contribution in [0.3, 0.4) is 0 Å². The molecule has 9 heteroatoms. The molecule has 4 rings (SSSR count). The van der Waals surface area contributed by atoms with Gasteiger partial charge < -0.3 is 4.90 Å². The van der Waals surface area contributed by atoms with Gasteiger partial charge in [0.1, 0.15) is 6.02 Å². The lowest BCUT2D eigenvalue weighted by Gasteiger charge is -2.29. The topological polar surface area (TPSA) is 83.6 Å². The number of fused-ring (bicyclic) bond motifs is 1. The summed E-state index contributed by atoms with van der Waals surface area (Å²) in [5.41, 5.74) is 0.350. The van der Waals surface area contributed by atoms with Crippen LogP contribution in [0.4, 0.5) is 8.78 Å². The fourth-order valence-corrected chi connectivity index (χ4v) is 3.83. The van der Waals surface area contributed by atoms with Gasteiger partial charge in [-0.15, -0.1) is 0 Å². The Morgan fingerprint density at radius 3 is 2.62 bits per heavy atom. The first-order valence-electron chi connectivity index (χ1n) is 10.9. The number of ketones is 1. The zero-order valence-corrected chi connectivity index (χ0v) is 17.4. The van der Waals surface area contributed by atoms with Gasteiger partial charge >= 0.3 is 5.92 Å². The normalized spacial score (nSPS) is 22.7. The number of imide groups is 1. The Morgan fingerprint density at radius 1 is 1.22 bits per heavy atom. The Bertz CT molecular complexity index is 1210. The summed E-state index contributed by atoms with van der Waals surface area (Å²) in [4.78, 5) is 49.9. The third-order valence-corrected chi connectivity index (χ3v) is 5.70. The lowest BCUT2D eigenvalue weighted by Crippen LogP contribution is -2.52. The van der Waals surface area contributed by atoms with Gasteiger partial charge in [-0.25, -0.2) is 0 Å². The Balaban J connectivity index is 1.51. The minimum absolute atomic E-state index is 0.0840. The van der Waals surface area contributed by atoms with Crippen LogP contribution < -0.4 is 5.32 Å². The Morgan fingerprint density at radius 2 is 1.94 bits per heavy atom. The fourth-order valence-electron chi connectivity index (χ4n) is 3.71. The predicted octanol–water partition coefficient (Wildman–Crippen LogP) is 3.39. The molecule has 0 bridgehead atoms. The second-order valence-electron chi connectivity index (χ2n) is 7.54. The average molecular weight is 463 g/mol. The maximum absolute atomic E-state index is 14.6. The zero-order chi connectivity index (χ0) is 24.8. The van der Waals surface area contributed by atoms with Crippen LogP contribution in [0.5, 0.6) is 0 Å². The summed E-state index contributed by atoms with van der Waals surface area (Å²) < 4.78 is 45.9. The van der Waals surface area contributed by atoms with Crippen molar-refractivity contribution in [3.63, 3.8) is 0 Å². The van der Waals surface area contributed by atoms with E-state index < -0.39 is 53.8 Å². The Hall–Kier alpha value is -3.13. The minimum atomic E-state index is -3.79. The van der Waals surface area contributed by atoms with Crippen LogP contribution in [0.15, 0.2) is 42.5 Å². The van der Waals surface area contributed by atoms with Crippen molar-refractivity contribution in [3.05, 3.63) is 69.7 Å². The highest BCUT2D eigenvalue weighted by Gasteiger charge is 2.41. The van der Waals surface area contributed by atoms with E-state index in [2.05, 4.69) is 5.32 Å². The maximum Gasteiger partial charge on any atom is 0.330 e. The summed E-state index contributed by atoms with van der Waals surface area (Å²) in [6.07, 6.45) is -2.32. The largest absolute Gasteiger partial charge is 0.330 e. The van der Waals surface area contributed by atoms with Gasteiger partial charge in [-0.3, -0.25) is 24.5 Å². The fraction of sp³-hybridized carbons (Fsp3) is 0.304. The highest BCUT2D eigenvalue weighted by atomic mass is 35.5. The SMILES string of the molecule is [2H]C(CC(=O)C(F)(F)c1ccc(Cl)cc1)c1ccc2c(c1)CN(C1([2H])CCC(=O)NC1=O)C2=O. The predicted molar refractivity (Wildman–Crippen MR) is 111 cm³/mol. The van der Waals surface area contributed by atoms with Crippen molar-refractivity contribution in [3.8, 4) is 0 Å². The molecule has 0 saturated carbocycles. The number of nitrogens with zero attached hydrogens (tertiary/aromatic N) is 1. The molecule has 3 amide bonds. The van der Waals surface area contributed by atoms with E-state index in [0.29, 0.717) is 5.56 Å². The molecular formula is C23H19ClF2N2O4. The van der Waals surface area contributed by atoms with Crippen LogP contribution in [0.2, 0.25) is 5.02 Å². The van der Waals surface area contributed by atoms with Gasteiger partial charge in [0.2, 0.25) is 17.6 Å². The number of benzene rings is 2. The van der Waals surface area contributed by atoms with Gasteiger partial charge in [0.05, 0.1) is 1.37 Å². The third kappa shape index (κ3) is 4.14. The molecule has 1 N–H and O–H groups in total. The third-order valence-electron chi connectivity index (χ3n) is 5.44. The number of alkyl halides is 2. The van der Waals surface area contributed by atoms with E-state index >= 15 is 0 Å². The maximum atomic E-state index is 14.6. The molecular weight excluding hydrogens is 442 g/mol. The number of carbonyl (C=O) groups is 4. The van der Waals surface area contributed by atoms with E-state index in [1.54, 1.807) is 0 Å². The highest BCUT2D eigenvalue weighted by molar-refractivity contribution is 6.30. The number of hydrogen-bond acceptors (Lipinski definition) is 4. The molecule has 2 atom stereocenters. The molecule has 2 aliphatic rings. The van der Waals surface area contributed by atoms with Crippen molar-refractivity contribution < 1.29 is 30.7 Å². The van der Waals surface area contributed by atoms with Gasteiger partial charge in [-0.1, -0.05) is 35.9 Å². The Kier molecular flexibility index (Phi) is 5.15. The number of amides is 3. The van der Waals surface area contributed by atoms with Gasteiger partial charge in [0, 0.05) is 36.9 Å². The van der Waals surface area contributed by atoms with Crippen LogP contribution in [-0.2, 0) is 33.2 Å². The first kappa shape index (κ1) is 19.5. The van der Waals surface area contributed by atoms with Gasteiger partial charge in [-0.2, -0.15) is 8.78 Å². The van der Waals surface area contributed by atoms with Crippen molar-refractivity contribution >= 4 is 35.1 Å². The minimum Gasteiger partial charge on any atom is -0.322 e. The molecule has 2 aromatic rings. The standard InChI is InChI=1S/C23H19ClF2N2O4/c24-16-5-3-15(4-6-16)23(25,26)19(29)9-2-13-1-7-17-14(11-13)12-28(22(17)32)18-8-10-20(30)27-21(18)31/h1,3-7,11,18H,2,8-10,12H2,(H,27,30,31)/i2D,18D. The van der Waals surface area contributed by atoms with E-state index in [1.807, 2.05) is 0 Å². The summed E-state index contributed by atoms with van der Waals surface area (Å²) >= 11 is 5.71. The van der Waals surface area contributed by atoms with Crippen LogP contribution in [0, 0.1) is 0 Å². The molecule has 1 saturated heterocycles. The number of aryl methyl sites for hydroxylation is 1. The first-order valence-corrected chi connectivity index (χ1v) is 10.2. The summed E-state index contributed by atoms with van der Waals surface area (Å²) in [6, 6.07) is 6.90. The second kappa shape index (κ2) is 8.43. The van der Waals surface area contributed by atoms with Crippen LogP contribution in [0.25, 0.3) is 0 Å². The van der Waals surface area contributed by atoms with Gasteiger partial charge in [0.15, 0.2) is 0 Å². The molecule has 166 valence electrons. The molecule has 2 aromatic carbocycles. The van der Waals surface area contributed by atoms with E-state index in [0.717, 1.165) is 17.0 Å². The number of piperidine rings is 1. The summed E-state index contributed by atoms with van der Waals surface area (Å²) in [5.74, 6) is -7.21. The smallest absolute Gasteiger partial charge is 0.322 e. The summed E-state index contributed by atoms with van der Waals surface area (Å²) in [5, 5.41) is 2.32. The van der Waals surface area contributed by atoms with Crippen molar-refractivity contribution in [2.24, 2.45) is 0 Å². The molecule has 2 aliphatic heterocycles. The molecule has 1 fully saturated rings. The van der Waals surface area contributed by atoms with Crippen molar-refractivity contribution in [2.75, 3.05) is 0 Å². The van der Waals surface area contributed by atoms with Crippen LogP contribution >= 0.6 is 11.6 Å². The van der Waals surface area contributed by atoms with Gasteiger partial charge in [-0.05, 0) is 42.1 Å². The van der Waals surface area contributed by atoms with E-state index in [1.165, 1.54) is 30.3 Å². The molecule has 0 spiro atoms. The average Bonchev–Trinajstić information content (AvgIpc) is 3.13. The highest BCUT2D eigenvalue weighted by Crippen LogP contribution is 2.32. The summed E-state index contributed by atoms with van der Waals surface area (Å²) in [6.45, 7) is -0.116. The number of halogens is 3. The molecule has 0 aromatic heterocycles. The quantitative estimate of drug-likeness (QED) is 0.667. The molecule has 0 radical (unpaired) electrons. The second-order valence-corrected chi connectivity index (χ2v) is 7.98. The van der Waals surface area contributed by atoms with Crippen molar-refractivity contribution in [1.29, 1.82) is 0 Å². The van der Waals surface area contributed by atoms with E-state index in [4.69, 9.17) is 14.3 Å². The van der Waals surface area contributed by atoms with Gasteiger partial charge in [0.25, 0.3) is 5.91 Å². The zero-order valence-electron chi connectivity index (χ0n) is 18.7. The van der Waals surface area contributed by atoms with Crippen LogP contribution in [0.1, 0.15) is 49.1 Å². The molecule has 2 unspecified atom stereocenters. The van der Waals surface area contributed by atoms with Crippen LogP contribution in [-0.4, -0.2) is 34.4 Å². The summed E-state index contributed by atoms with van der Waals surface area (Å²) in [7, 11) is 0. The molecule has 32 heavy (non-hydrogen) atoms. The lowest BCUT2D eigenvalue weighted by molar-refractivity contribution is -0.144. The molecule has 2 heterocycles. The van der Waals surface area contributed by atoms with E-state index in [-0.39, 0.29) is 35.5 Å². The number of carbonyl (C=O) groups excluding carboxylic acids is 4. The number of nitrogens with one attached hydrogen (secondary N) is 1. The number of hydrogen-bond donors (Lipinski definition) is 1. The van der Waals surface area contributed by atoms with Crippen molar-refractivity contribution in [2.45, 2.75) is 44.1 Å². The number of rotatable bonds is 6. The Labute approximate surface area is 190 Å². The lowest BCUT2D eigenvalue weighted by atomic mass is 9.97. The monoisotopic (exact) mass is 462 g/mol. The van der Waals surface area contributed by atoms with E-state index in [9.17, 15) is 28.0 Å². The number of Topliss-reactive ketones (excluding diaryl/α,β-unsaturated/α-hetero) is 1. The molecule has 0 aliphatic carbocycles. The first-order chi connectivity index (χ1) is 15.9. The molecule has 6 nitrogen and oxygen atoms in total.